The molecule has 1 aliphatic heterocycles. The summed E-state index contributed by atoms with van der Waals surface area (Å²) in [5, 5.41) is 3.31. The fourth-order valence-electron chi connectivity index (χ4n) is 2.56. The van der Waals surface area contributed by atoms with Crippen LogP contribution in [0.25, 0.3) is 0 Å². The van der Waals surface area contributed by atoms with Gasteiger partial charge in [0.15, 0.2) is 0 Å². The molecule has 1 atom stereocenters. The van der Waals surface area contributed by atoms with Crippen molar-refractivity contribution in [1.82, 2.24) is 4.90 Å². The quantitative estimate of drug-likeness (QED) is 0.875. The molecule has 1 unspecified atom stereocenters. The van der Waals surface area contributed by atoms with Gasteiger partial charge in [-0.25, -0.2) is 0 Å². The lowest BCUT2D eigenvalue weighted by Gasteiger charge is -2.27. The Morgan fingerprint density at radius 2 is 2.10 bits per heavy atom. The van der Waals surface area contributed by atoms with Crippen molar-refractivity contribution in [3.05, 3.63) is 29.8 Å². The van der Waals surface area contributed by atoms with Crippen LogP contribution in [0.1, 0.15) is 43.0 Å². The van der Waals surface area contributed by atoms with Crippen LogP contribution >= 0.6 is 0 Å². The van der Waals surface area contributed by atoms with Crippen molar-refractivity contribution in [2.75, 3.05) is 32.1 Å². The molecule has 1 fully saturated rings. The van der Waals surface area contributed by atoms with E-state index >= 15 is 0 Å². The Kier molecular flexibility index (Phi) is 6.05. The molecule has 1 aliphatic rings. The molecule has 1 aromatic carbocycles. The average molecular weight is 290 g/mol. The van der Waals surface area contributed by atoms with Crippen molar-refractivity contribution in [3.63, 3.8) is 0 Å². The Labute approximate surface area is 127 Å². The number of benzene rings is 1. The number of anilines is 1. The second-order valence-corrected chi connectivity index (χ2v) is 5.68. The molecule has 4 heteroatoms. The zero-order valence-corrected chi connectivity index (χ0v) is 13.1. The number of hydrogen-bond acceptors (Lipinski definition) is 3. The van der Waals surface area contributed by atoms with Crippen LogP contribution in [0.3, 0.4) is 0 Å². The van der Waals surface area contributed by atoms with Gasteiger partial charge in [-0.2, -0.15) is 0 Å². The fraction of sp³-hybridized carbons (Fsp3) is 0.588. The number of carbonyl (C=O) groups is 1. The van der Waals surface area contributed by atoms with E-state index in [9.17, 15) is 4.79 Å². The summed E-state index contributed by atoms with van der Waals surface area (Å²) in [7, 11) is 1.85. The standard InChI is InChI=1S/C17H26N2O2/c1-3-11-18-15-9-7-14(8-10-15)17(20)19(2)13-16-6-4-5-12-21-16/h7-10,16,18H,3-6,11-13H2,1-2H3. The summed E-state index contributed by atoms with van der Waals surface area (Å²) in [4.78, 5) is 14.2. The molecule has 1 N–H and O–H groups in total. The van der Waals surface area contributed by atoms with Crippen molar-refractivity contribution < 1.29 is 9.53 Å². The zero-order valence-electron chi connectivity index (χ0n) is 13.1. The number of rotatable bonds is 6. The van der Waals surface area contributed by atoms with E-state index < -0.39 is 0 Å². The smallest absolute Gasteiger partial charge is 0.253 e. The van der Waals surface area contributed by atoms with E-state index in [1.807, 2.05) is 31.3 Å². The summed E-state index contributed by atoms with van der Waals surface area (Å²) in [6, 6.07) is 7.71. The second-order valence-electron chi connectivity index (χ2n) is 5.68. The molecular weight excluding hydrogens is 264 g/mol. The van der Waals surface area contributed by atoms with Gasteiger partial charge in [-0.05, 0) is 49.9 Å². The van der Waals surface area contributed by atoms with Gasteiger partial charge in [-0.15, -0.1) is 0 Å². The molecule has 1 heterocycles. The molecule has 116 valence electrons. The third-order valence-electron chi connectivity index (χ3n) is 3.81. The first-order valence-corrected chi connectivity index (χ1v) is 7.91. The molecule has 0 aromatic heterocycles. The molecule has 0 aliphatic carbocycles. The highest BCUT2D eigenvalue weighted by Gasteiger charge is 2.19. The second kappa shape index (κ2) is 8.03. The Morgan fingerprint density at radius 3 is 2.71 bits per heavy atom. The summed E-state index contributed by atoms with van der Waals surface area (Å²) in [5.41, 5.74) is 1.79. The normalized spacial score (nSPS) is 18.3. The predicted octanol–water partition coefficient (Wildman–Crippen LogP) is 3.15. The van der Waals surface area contributed by atoms with E-state index in [0.29, 0.717) is 6.54 Å². The molecule has 0 bridgehead atoms. The van der Waals surface area contributed by atoms with Crippen molar-refractivity contribution in [1.29, 1.82) is 0 Å². The number of hydrogen-bond donors (Lipinski definition) is 1. The maximum absolute atomic E-state index is 12.4. The van der Waals surface area contributed by atoms with Gasteiger partial charge in [0, 0.05) is 38.0 Å². The van der Waals surface area contributed by atoms with Gasteiger partial charge in [0.1, 0.15) is 0 Å². The van der Waals surface area contributed by atoms with Gasteiger partial charge in [0.25, 0.3) is 5.91 Å². The molecule has 1 aromatic rings. The van der Waals surface area contributed by atoms with Crippen LogP contribution in [0, 0.1) is 0 Å². The highest BCUT2D eigenvalue weighted by atomic mass is 16.5. The maximum Gasteiger partial charge on any atom is 0.253 e. The first kappa shape index (κ1) is 15.8. The lowest BCUT2D eigenvalue weighted by Crippen LogP contribution is -2.37. The average Bonchev–Trinajstić information content (AvgIpc) is 2.53. The van der Waals surface area contributed by atoms with Gasteiger partial charge in [0.05, 0.1) is 6.10 Å². The first-order chi connectivity index (χ1) is 10.2. The van der Waals surface area contributed by atoms with Crippen molar-refractivity contribution >= 4 is 11.6 Å². The minimum atomic E-state index is 0.0613. The third kappa shape index (κ3) is 4.74. The van der Waals surface area contributed by atoms with E-state index in [1.165, 1.54) is 6.42 Å². The molecule has 0 radical (unpaired) electrons. The topological polar surface area (TPSA) is 41.6 Å². The molecule has 0 spiro atoms. The summed E-state index contributed by atoms with van der Waals surface area (Å²) < 4.78 is 5.69. The molecule has 4 nitrogen and oxygen atoms in total. The van der Waals surface area contributed by atoms with E-state index in [2.05, 4.69) is 12.2 Å². The van der Waals surface area contributed by atoms with Crippen LogP contribution in [0.2, 0.25) is 0 Å². The monoisotopic (exact) mass is 290 g/mol. The summed E-state index contributed by atoms with van der Waals surface area (Å²) >= 11 is 0. The molecule has 1 amide bonds. The van der Waals surface area contributed by atoms with Gasteiger partial charge in [-0.1, -0.05) is 6.92 Å². The fourth-order valence-corrected chi connectivity index (χ4v) is 2.56. The summed E-state index contributed by atoms with van der Waals surface area (Å²) in [6.45, 7) is 4.58. The number of nitrogens with zero attached hydrogens (tertiary/aromatic N) is 1. The third-order valence-corrected chi connectivity index (χ3v) is 3.81. The summed E-state index contributed by atoms with van der Waals surface area (Å²) in [6.07, 6.45) is 4.67. The lowest BCUT2D eigenvalue weighted by atomic mass is 10.1. The minimum Gasteiger partial charge on any atom is -0.385 e. The molecule has 1 saturated heterocycles. The number of amides is 1. The van der Waals surface area contributed by atoms with Crippen LogP contribution in [-0.4, -0.2) is 43.7 Å². The zero-order chi connectivity index (χ0) is 15.1. The number of carbonyl (C=O) groups excluding carboxylic acids is 1. The van der Waals surface area contributed by atoms with E-state index in [0.717, 1.165) is 43.7 Å². The Balaban J connectivity index is 1.88. The molecular formula is C17H26N2O2. The van der Waals surface area contributed by atoms with Crippen LogP contribution in [-0.2, 0) is 4.74 Å². The first-order valence-electron chi connectivity index (χ1n) is 7.91. The lowest BCUT2D eigenvalue weighted by molar-refractivity contribution is -0.000186. The Morgan fingerprint density at radius 1 is 1.33 bits per heavy atom. The van der Waals surface area contributed by atoms with Gasteiger partial charge >= 0.3 is 0 Å². The molecule has 2 rings (SSSR count). The highest BCUT2D eigenvalue weighted by molar-refractivity contribution is 5.94. The van der Waals surface area contributed by atoms with Crippen LogP contribution in [0.15, 0.2) is 24.3 Å². The molecule has 21 heavy (non-hydrogen) atoms. The van der Waals surface area contributed by atoms with Crippen LogP contribution in [0.4, 0.5) is 5.69 Å². The highest BCUT2D eigenvalue weighted by Crippen LogP contribution is 2.15. The Hall–Kier alpha value is -1.55. The van der Waals surface area contributed by atoms with E-state index in [-0.39, 0.29) is 12.0 Å². The number of ether oxygens (including phenoxy) is 1. The van der Waals surface area contributed by atoms with E-state index in [4.69, 9.17) is 4.74 Å². The van der Waals surface area contributed by atoms with Crippen molar-refractivity contribution in [2.24, 2.45) is 0 Å². The number of nitrogens with one attached hydrogen (secondary N) is 1. The SMILES string of the molecule is CCCNc1ccc(C(=O)N(C)CC2CCCCO2)cc1. The number of likely N-dealkylation sites (N-methyl/N-ethyl adjacent to an activating group) is 1. The van der Waals surface area contributed by atoms with E-state index in [1.54, 1.807) is 4.90 Å². The predicted molar refractivity (Wildman–Crippen MR) is 85.8 cm³/mol. The van der Waals surface area contributed by atoms with Crippen molar-refractivity contribution in [3.8, 4) is 0 Å². The van der Waals surface area contributed by atoms with Crippen LogP contribution < -0.4 is 5.32 Å². The van der Waals surface area contributed by atoms with Gasteiger partial charge in [-0.3, -0.25) is 4.79 Å². The van der Waals surface area contributed by atoms with Gasteiger partial charge < -0.3 is 15.0 Å². The minimum absolute atomic E-state index is 0.0613. The molecule has 0 saturated carbocycles. The summed E-state index contributed by atoms with van der Waals surface area (Å²) in [5.74, 6) is 0.0613. The van der Waals surface area contributed by atoms with Crippen molar-refractivity contribution in [2.45, 2.75) is 38.7 Å². The van der Waals surface area contributed by atoms with Crippen LogP contribution in [0.5, 0.6) is 0 Å². The Bertz CT molecular complexity index is 439. The maximum atomic E-state index is 12.4. The van der Waals surface area contributed by atoms with Gasteiger partial charge in [0.2, 0.25) is 0 Å². The largest absolute Gasteiger partial charge is 0.385 e.